The fourth-order valence-corrected chi connectivity index (χ4v) is 2.43. The van der Waals surface area contributed by atoms with Crippen LogP contribution in [0.4, 0.5) is 5.69 Å². The molecule has 0 unspecified atom stereocenters. The monoisotopic (exact) mass is 363 g/mol. The second-order valence-corrected chi connectivity index (χ2v) is 5.89. The lowest BCUT2D eigenvalue weighted by Gasteiger charge is -2.25. The third-order valence-corrected chi connectivity index (χ3v) is 3.58. The molecule has 1 aromatic carbocycles. The molecule has 0 radical (unpaired) electrons. The van der Waals surface area contributed by atoms with Gasteiger partial charge in [-0.3, -0.25) is 4.79 Å². The van der Waals surface area contributed by atoms with Gasteiger partial charge in [-0.1, -0.05) is 32.0 Å². The molecule has 0 fully saturated rings. The molecule has 23 heavy (non-hydrogen) atoms. The van der Waals surface area contributed by atoms with Crippen molar-refractivity contribution in [3.63, 3.8) is 0 Å². The van der Waals surface area contributed by atoms with E-state index in [9.17, 15) is 4.79 Å². The lowest BCUT2D eigenvalue weighted by molar-refractivity contribution is -0.122. The summed E-state index contributed by atoms with van der Waals surface area (Å²) in [6, 6.07) is 7.90. The first kappa shape index (κ1) is 24.3. The lowest BCUT2D eigenvalue weighted by Crippen LogP contribution is -2.44. The van der Waals surface area contributed by atoms with E-state index in [-0.39, 0.29) is 30.7 Å². The summed E-state index contributed by atoms with van der Waals surface area (Å²) in [6.45, 7) is 10.7. The molecular weight excluding hydrogens is 333 g/mol. The first-order chi connectivity index (χ1) is 9.95. The van der Waals surface area contributed by atoms with Crippen LogP contribution in [0.25, 0.3) is 0 Å². The van der Waals surface area contributed by atoms with Gasteiger partial charge in [-0.05, 0) is 37.8 Å². The minimum absolute atomic E-state index is 0. The molecule has 0 aliphatic carbocycles. The zero-order chi connectivity index (χ0) is 15.8. The van der Waals surface area contributed by atoms with E-state index in [0.717, 1.165) is 19.5 Å². The number of carbonyl (C=O) groups excluding carboxylic acids is 1. The zero-order valence-electron chi connectivity index (χ0n) is 14.5. The van der Waals surface area contributed by atoms with Gasteiger partial charge in [0.25, 0.3) is 0 Å². The quantitative estimate of drug-likeness (QED) is 0.745. The van der Waals surface area contributed by atoms with Crippen LogP contribution in [0.1, 0.15) is 32.8 Å². The highest BCUT2D eigenvalue weighted by Crippen LogP contribution is 2.18. The van der Waals surface area contributed by atoms with Gasteiger partial charge >= 0.3 is 0 Å². The first-order valence-electron chi connectivity index (χ1n) is 7.79. The predicted octanol–water partition coefficient (Wildman–Crippen LogP) is 3.15. The van der Waals surface area contributed by atoms with E-state index >= 15 is 0 Å². The van der Waals surface area contributed by atoms with Crippen molar-refractivity contribution >= 4 is 36.4 Å². The average molecular weight is 364 g/mol. The number of para-hydroxylation sites is 1. The Labute approximate surface area is 153 Å². The normalized spacial score (nSPS) is 11.2. The molecule has 3 N–H and O–H groups in total. The number of likely N-dealkylation sites (N-methyl/N-ethyl adjacent to an activating group) is 1. The van der Waals surface area contributed by atoms with Gasteiger partial charge in [0.2, 0.25) is 5.91 Å². The fraction of sp³-hybridized carbons (Fsp3) is 0.588. The number of nitrogens with zero attached hydrogens (tertiary/aromatic N) is 1. The van der Waals surface area contributed by atoms with Crippen LogP contribution in [-0.2, 0) is 4.79 Å². The highest BCUT2D eigenvalue weighted by atomic mass is 35.5. The van der Waals surface area contributed by atoms with Crippen LogP contribution in [0.2, 0.25) is 0 Å². The second-order valence-electron chi connectivity index (χ2n) is 5.89. The Bertz CT molecular complexity index is 455. The van der Waals surface area contributed by atoms with Crippen molar-refractivity contribution in [2.24, 2.45) is 11.7 Å². The first-order valence-corrected chi connectivity index (χ1v) is 7.79. The third kappa shape index (κ3) is 8.45. The molecule has 1 atom stereocenters. The Morgan fingerprint density at radius 2 is 1.87 bits per heavy atom. The molecule has 0 aliphatic heterocycles. The lowest BCUT2D eigenvalue weighted by atomic mass is 10.0. The van der Waals surface area contributed by atoms with E-state index in [1.807, 2.05) is 12.1 Å². The van der Waals surface area contributed by atoms with Gasteiger partial charge in [0, 0.05) is 25.3 Å². The van der Waals surface area contributed by atoms with Gasteiger partial charge in [-0.25, -0.2) is 0 Å². The van der Waals surface area contributed by atoms with Gasteiger partial charge < -0.3 is 16.0 Å². The molecule has 1 rings (SSSR count). The van der Waals surface area contributed by atoms with Crippen molar-refractivity contribution in [2.75, 3.05) is 24.5 Å². The van der Waals surface area contributed by atoms with E-state index in [4.69, 9.17) is 5.73 Å². The number of aryl methyl sites for hydroxylation is 1. The standard InChI is InChI=1S/C17H29N3O.2ClH/c1-5-20(16-9-7-6-8-14(16)4)11-10-19-17(21)15(18)12-13(2)3;;/h6-9,13,15H,5,10-12,18H2,1-4H3,(H,19,21);2*1H/t15-;;/m0../s1. The molecule has 0 heterocycles. The summed E-state index contributed by atoms with van der Waals surface area (Å²) in [5, 5.41) is 2.94. The van der Waals surface area contributed by atoms with Crippen molar-refractivity contribution in [3.8, 4) is 0 Å². The number of hydrogen-bond acceptors (Lipinski definition) is 3. The van der Waals surface area contributed by atoms with Gasteiger partial charge in [0.1, 0.15) is 0 Å². The van der Waals surface area contributed by atoms with Crippen molar-refractivity contribution in [3.05, 3.63) is 29.8 Å². The van der Waals surface area contributed by atoms with Crippen LogP contribution in [-0.4, -0.2) is 31.6 Å². The fourth-order valence-electron chi connectivity index (χ4n) is 2.43. The van der Waals surface area contributed by atoms with E-state index in [2.05, 4.69) is 50.0 Å². The highest BCUT2D eigenvalue weighted by Gasteiger charge is 2.14. The Hall–Kier alpha value is -0.970. The zero-order valence-corrected chi connectivity index (χ0v) is 16.2. The van der Waals surface area contributed by atoms with Crippen LogP contribution in [0.3, 0.4) is 0 Å². The minimum atomic E-state index is -0.404. The summed E-state index contributed by atoms with van der Waals surface area (Å²) in [5.41, 5.74) is 8.35. The molecule has 6 heteroatoms. The number of benzene rings is 1. The number of nitrogens with one attached hydrogen (secondary N) is 1. The van der Waals surface area contributed by atoms with Crippen molar-refractivity contribution in [1.29, 1.82) is 0 Å². The maximum Gasteiger partial charge on any atom is 0.236 e. The molecule has 134 valence electrons. The molecule has 0 bridgehead atoms. The molecule has 1 aromatic rings. The smallest absolute Gasteiger partial charge is 0.236 e. The maximum atomic E-state index is 11.9. The molecule has 0 saturated carbocycles. The summed E-state index contributed by atoms with van der Waals surface area (Å²) >= 11 is 0. The molecule has 0 spiro atoms. The van der Waals surface area contributed by atoms with Crippen LogP contribution >= 0.6 is 24.8 Å². The maximum absolute atomic E-state index is 11.9. The molecule has 1 amide bonds. The van der Waals surface area contributed by atoms with Gasteiger partial charge in [0.15, 0.2) is 0 Å². The van der Waals surface area contributed by atoms with Gasteiger partial charge in [-0.2, -0.15) is 0 Å². The highest BCUT2D eigenvalue weighted by molar-refractivity contribution is 5.85. The number of amides is 1. The summed E-state index contributed by atoms with van der Waals surface area (Å²) in [4.78, 5) is 14.2. The molecular formula is C17H31Cl2N3O. The molecule has 0 aliphatic rings. The third-order valence-electron chi connectivity index (χ3n) is 3.58. The van der Waals surface area contributed by atoms with Crippen LogP contribution in [0.15, 0.2) is 24.3 Å². The van der Waals surface area contributed by atoms with E-state index in [1.165, 1.54) is 11.3 Å². The van der Waals surface area contributed by atoms with Crippen LogP contribution in [0, 0.1) is 12.8 Å². The van der Waals surface area contributed by atoms with E-state index in [0.29, 0.717) is 12.5 Å². The number of rotatable bonds is 8. The van der Waals surface area contributed by atoms with E-state index < -0.39 is 6.04 Å². The largest absolute Gasteiger partial charge is 0.370 e. The van der Waals surface area contributed by atoms with Crippen LogP contribution in [0.5, 0.6) is 0 Å². The number of hydrogen-bond donors (Lipinski definition) is 2. The van der Waals surface area contributed by atoms with Gasteiger partial charge in [-0.15, -0.1) is 24.8 Å². The minimum Gasteiger partial charge on any atom is -0.370 e. The molecule has 0 aromatic heterocycles. The Morgan fingerprint density at radius 1 is 1.26 bits per heavy atom. The molecule has 4 nitrogen and oxygen atoms in total. The summed E-state index contributed by atoms with van der Waals surface area (Å²) in [6.07, 6.45) is 0.723. The van der Waals surface area contributed by atoms with Crippen molar-refractivity contribution in [1.82, 2.24) is 5.32 Å². The topological polar surface area (TPSA) is 58.4 Å². The Kier molecular flexibility index (Phi) is 13.1. The predicted molar refractivity (Wildman–Crippen MR) is 104 cm³/mol. The SMILES string of the molecule is CCN(CCNC(=O)[C@@H](N)CC(C)C)c1ccccc1C.Cl.Cl. The van der Waals surface area contributed by atoms with Crippen LogP contribution < -0.4 is 16.0 Å². The summed E-state index contributed by atoms with van der Waals surface area (Å²) in [5.74, 6) is 0.384. The average Bonchev–Trinajstić information content (AvgIpc) is 2.43. The van der Waals surface area contributed by atoms with E-state index in [1.54, 1.807) is 0 Å². The van der Waals surface area contributed by atoms with Crippen molar-refractivity contribution in [2.45, 2.75) is 40.2 Å². The Balaban J connectivity index is 0. The number of anilines is 1. The molecule has 0 saturated heterocycles. The summed E-state index contributed by atoms with van der Waals surface area (Å²) < 4.78 is 0. The number of halogens is 2. The van der Waals surface area contributed by atoms with Crippen molar-refractivity contribution < 1.29 is 4.79 Å². The van der Waals surface area contributed by atoms with Gasteiger partial charge in [0.05, 0.1) is 6.04 Å². The number of carbonyl (C=O) groups is 1. The summed E-state index contributed by atoms with van der Waals surface area (Å²) in [7, 11) is 0. The second kappa shape index (κ2) is 12.5. The number of nitrogens with two attached hydrogens (primary N) is 1. The Morgan fingerprint density at radius 3 is 2.39 bits per heavy atom.